The molecule has 1 aromatic carbocycles. The number of nitrogens with one attached hydrogen (secondary N) is 2. The van der Waals surface area contributed by atoms with Crippen LogP contribution in [-0.2, 0) is 114 Å². The summed E-state index contributed by atoms with van der Waals surface area (Å²) >= 11 is 5.02. The first-order valence-corrected chi connectivity index (χ1v) is 56.4. The molecule has 2 N–H and O–H groups in total. The molecular weight excluding hydrogens is 1860 g/mol. The summed E-state index contributed by atoms with van der Waals surface area (Å²) in [5.41, 5.74) is -2.14. The van der Waals surface area contributed by atoms with Gasteiger partial charge < -0.3 is 107 Å². The number of benzene rings is 1. The minimum absolute atomic E-state index is 0. The van der Waals surface area contributed by atoms with Crippen LogP contribution in [0.5, 0.6) is 0 Å². The number of carbonyl (C=O) groups is 9. The molecule has 5 spiro atoms. The second-order valence-corrected chi connectivity index (χ2v) is 63.9. The molecule has 0 aliphatic carbocycles. The van der Waals surface area contributed by atoms with Crippen LogP contribution >= 0.6 is 20.4 Å². The van der Waals surface area contributed by atoms with Gasteiger partial charge in [-0.3, -0.25) is 14.1 Å². The normalized spacial score (nSPS) is 28.6. The molecule has 12 aliphatic rings. The second-order valence-electron chi connectivity index (χ2n) is 42.1. The molecule has 8 amide bonds. The third kappa shape index (κ3) is 27.3. The summed E-state index contributed by atoms with van der Waals surface area (Å²) in [4.78, 5) is 110. The van der Waals surface area contributed by atoms with Gasteiger partial charge in [0, 0.05) is 57.5 Å². The number of alkyl carbamates (subject to hydrolysis) is 2. The van der Waals surface area contributed by atoms with Crippen molar-refractivity contribution in [3.63, 3.8) is 0 Å². The van der Waals surface area contributed by atoms with E-state index in [1.165, 1.54) is 18.4 Å². The van der Waals surface area contributed by atoms with Crippen molar-refractivity contribution < 1.29 is 152 Å². The Hall–Kier alpha value is -5.66. The predicted octanol–water partition coefficient (Wildman–Crippen LogP) is 16.0. The molecule has 0 aromatic heterocycles. The molecule has 730 valence electrons. The van der Waals surface area contributed by atoms with Gasteiger partial charge in [0.15, 0.2) is 51.6 Å². The number of ketones is 1. The number of likely N-dealkylation sites (N-methyl/N-ethyl adjacent to an activating group) is 2. The van der Waals surface area contributed by atoms with Gasteiger partial charge in [0.1, 0.15) is 54.7 Å². The van der Waals surface area contributed by atoms with Gasteiger partial charge in [-0.05, 0) is 168 Å². The van der Waals surface area contributed by atoms with Crippen LogP contribution < -0.4 is 15.9 Å². The number of hydrogen-bond acceptors (Lipinski definition) is 31. The minimum Gasteiger partial charge on any atom is -0.447 e. The Labute approximate surface area is 781 Å². The molecule has 13 rings (SSSR count). The van der Waals surface area contributed by atoms with Crippen molar-refractivity contribution in [2.45, 2.75) is 326 Å². The molecule has 0 saturated carbocycles. The zero-order valence-corrected chi connectivity index (χ0v) is 88.6. The summed E-state index contributed by atoms with van der Waals surface area (Å²) in [6.45, 7) is 62.8. The van der Waals surface area contributed by atoms with Crippen molar-refractivity contribution >= 4 is 119 Å². The smallest absolute Gasteiger partial charge is 0.422 e. The van der Waals surface area contributed by atoms with Gasteiger partial charge in [-0.25, -0.2) is 53.1 Å². The van der Waals surface area contributed by atoms with Gasteiger partial charge in [0.25, 0.3) is 28.9 Å². The van der Waals surface area contributed by atoms with E-state index >= 15 is 0 Å². The molecule has 42 heteroatoms. The maximum absolute atomic E-state index is 12.4. The third-order valence-electron chi connectivity index (χ3n) is 24.4. The Balaban J connectivity index is 0.000000239. The summed E-state index contributed by atoms with van der Waals surface area (Å²) in [5, 5.41) is 6.91. The Morgan fingerprint density at radius 1 is 0.484 bits per heavy atom. The van der Waals surface area contributed by atoms with E-state index in [2.05, 4.69) is 200 Å². The van der Waals surface area contributed by atoms with Crippen LogP contribution in [0, 0.1) is 7.43 Å². The summed E-state index contributed by atoms with van der Waals surface area (Å²) < 4.78 is 113. The monoisotopic (exact) mass is 2000 g/mol. The number of amides is 8. The standard InChI is InChI=1S/C18H33NO6Si.C18H31NO6Si.C14H23NO6SSi.C13H23NO4Si.C12H17NO6.C10H15N2P.CH3.Pd/c2*1-16(2,3)23-14(20)19-12-18(24-15(19)21)13(10-9-11-22-18)25-26(7,8)17(4,5)6;1-13(2,3)23(4,5)21-10-9-8(18-12(22)19-9)6-17-14(10)7-15-11(16)20-14;1-12(2,3)19(4,5)18-10-7-6-8-16-13(10)9-14-11(15)17-13;1-11(2,3)18-9(15)13-7-12(19-10(13)16)8(14)5-4-6-17-12;1-11-8-9-12(2)13(11)10-6-4-3-5-7-10;;/h13H,9-12H2,1-8H3;9-10,13H,11-12H2,1-8H3;8-10H,6-7H2,1-5H3,(H,15,16);6-7,10H,8-9H2,1-5H3,(H,14,15);4-7H2,1-3H3;3-7H,8-9H2,1-2H3;1H3;/q;;;;;;-1;/t2*13-,18-;8-,9?,10+,14+;10-,13-;12-;;;/m00100.../s1. The predicted molar refractivity (Wildman–Crippen MR) is 488 cm³/mol. The molecule has 0 radical (unpaired) electrons. The van der Waals surface area contributed by atoms with Crippen LogP contribution in [0.15, 0.2) is 54.6 Å². The van der Waals surface area contributed by atoms with Crippen molar-refractivity contribution in [2.75, 3.05) is 92.9 Å². The molecule has 10 fully saturated rings. The van der Waals surface area contributed by atoms with Gasteiger partial charge in [-0.15, -0.1) is 0 Å². The number of imide groups is 3. The Kier molecular flexibility index (Phi) is 36.2. The maximum atomic E-state index is 12.4. The maximum Gasteiger partial charge on any atom is 0.422 e. The quantitative estimate of drug-likeness (QED) is 0.0579. The van der Waals surface area contributed by atoms with Crippen LogP contribution in [0.25, 0.3) is 0 Å². The first-order chi connectivity index (χ1) is 57.6. The number of Topliss-reactive ketones (excluding diaryl/α,β-unsaturated/α-hetero) is 1. The van der Waals surface area contributed by atoms with Crippen molar-refractivity contribution in [3.8, 4) is 0 Å². The second kappa shape index (κ2) is 41.7. The van der Waals surface area contributed by atoms with Crippen LogP contribution in [-0.4, -0.2) is 292 Å². The van der Waals surface area contributed by atoms with E-state index in [9.17, 15) is 43.2 Å². The van der Waals surface area contributed by atoms with Crippen LogP contribution in [0.4, 0.5) is 38.4 Å². The summed E-state index contributed by atoms with van der Waals surface area (Å²) in [7, 11) is -4.15. The van der Waals surface area contributed by atoms with E-state index in [0.29, 0.717) is 32.8 Å². The third-order valence-corrected chi connectivity index (χ3v) is 44.9. The van der Waals surface area contributed by atoms with E-state index in [1.807, 2.05) is 24.3 Å². The van der Waals surface area contributed by atoms with Gasteiger partial charge in [-0.1, -0.05) is 138 Å². The Morgan fingerprint density at radius 2 is 0.891 bits per heavy atom. The van der Waals surface area contributed by atoms with Gasteiger partial charge in [-0.2, -0.15) is 0 Å². The van der Waals surface area contributed by atoms with Crippen LogP contribution in [0.3, 0.4) is 0 Å². The zero-order chi connectivity index (χ0) is 94.8. The average molecular weight is 2010 g/mol. The number of carbonyl (C=O) groups excluding carboxylic acids is 9. The number of rotatable bonds is 9. The largest absolute Gasteiger partial charge is 0.447 e. The first-order valence-electron chi connectivity index (χ1n) is 43.1. The van der Waals surface area contributed by atoms with Crippen molar-refractivity contribution in [3.05, 3.63) is 62.1 Å². The molecule has 128 heavy (non-hydrogen) atoms. The topological polar surface area (TPSA) is 369 Å². The molecule has 0 bridgehead atoms. The molecule has 35 nitrogen and oxygen atoms in total. The molecule has 1 aromatic rings. The van der Waals surface area contributed by atoms with E-state index < -0.39 is 152 Å². The average Bonchev–Trinajstić information content (AvgIpc) is 1.59. The molecular formula is C86H145N7O28PPdSSi4-. The zero-order valence-electron chi connectivity index (χ0n) is 81.3. The van der Waals surface area contributed by atoms with E-state index in [1.54, 1.807) is 62.3 Å². The van der Waals surface area contributed by atoms with Crippen molar-refractivity contribution in [1.29, 1.82) is 0 Å². The Bertz CT molecular complexity index is 4130. The molecule has 12 heterocycles. The number of thiocarbonyl (C=S) groups is 1. The fourth-order valence-electron chi connectivity index (χ4n) is 13.3. The summed E-state index contributed by atoms with van der Waals surface area (Å²) in [5.74, 6) is -6.73. The Morgan fingerprint density at radius 3 is 1.34 bits per heavy atom. The number of ether oxygens (including phenoxy) is 15. The number of nitrogens with zero attached hydrogens (tertiary/aromatic N) is 5. The van der Waals surface area contributed by atoms with Gasteiger partial charge >= 0.3 is 54.0 Å². The van der Waals surface area contributed by atoms with Crippen LogP contribution in [0.1, 0.15) is 171 Å². The van der Waals surface area contributed by atoms with E-state index in [-0.39, 0.29) is 125 Å². The van der Waals surface area contributed by atoms with Gasteiger partial charge in [0.2, 0.25) is 5.78 Å². The summed E-state index contributed by atoms with van der Waals surface area (Å²) in [6, 6.07) is 10.8. The van der Waals surface area contributed by atoms with E-state index in [0.717, 1.165) is 27.5 Å². The first kappa shape index (κ1) is 111. The fourth-order valence-corrected chi connectivity index (χ4v) is 21.0. The van der Waals surface area contributed by atoms with Crippen molar-refractivity contribution in [2.24, 2.45) is 0 Å². The number of hydrogen-bond donors (Lipinski definition) is 2. The number of fused-ring (bicyclic) bond motifs is 1. The minimum atomic E-state index is -2.17. The summed E-state index contributed by atoms with van der Waals surface area (Å²) in [6.07, 6.45) is 1.56. The SMILES string of the molecule is CC(C)(C)OC(=O)N1C[C@]2(OCC=C[C@@H]2O[Si](C)(C)C(C)(C)C)OC1=O.CC(C)(C)OC(=O)N1C[C@]2(OCCCC2=O)OC1=O.CC(C)(C)OC(=O)N1C[C@]2(OCCC[C@@H]2O[Si](C)(C)C(C)(C)C)OC1=O.CC(C)(C)[Si](C)(C)O[C@H]1C2OC(=S)O[C@@H]2CO[C@]12CNC(=O)O2.CC(C)(C)[Si](C)(C)O[C@H]1C=CCO[C@]12CNC(=O)O2.CN1CCN(C)P1c1ccccc1.[CH3-].[Pd]. The molecule has 11 atom stereocenters. The van der Waals surface area contributed by atoms with E-state index in [4.69, 9.17) is 101 Å². The molecule has 12 aliphatic heterocycles. The molecule has 1 unspecified atom stereocenters. The van der Waals surface area contributed by atoms with Crippen molar-refractivity contribution in [1.82, 2.24) is 34.7 Å². The molecule has 10 saturated heterocycles. The van der Waals surface area contributed by atoms with Crippen LogP contribution in [0.2, 0.25) is 72.5 Å². The fraction of sp³-hybridized carbons (Fsp3) is 0.756. The van der Waals surface area contributed by atoms with Gasteiger partial charge in [0.05, 0.1) is 54.3 Å².